The van der Waals surface area contributed by atoms with Crippen LogP contribution in [0.2, 0.25) is 0 Å². The third-order valence-corrected chi connectivity index (χ3v) is 3.42. The molecule has 1 atom stereocenters. The van der Waals surface area contributed by atoms with Crippen LogP contribution in [0.5, 0.6) is 0 Å². The number of carbonyl (C=O) groups is 3. The Morgan fingerprint density at radius 2 is 2.20 bits per heavy atom. The van der Waals surface area contributed by atoms with Crippen molar-refractivity contribution in [1.82, 2.24) is 30.9 Å². The van der Waals surface area contributed by atoms with Crippen LogP contribution in [0, 0.1) is 0 Å². The van der Waals surface area contributed by atoms with Gasteiger partial charge in [0.05, 0.1) is 12.2 Å². The van der Waals surface area contributed by atoms with Gasteiger partial charge in [-0.15, -0.1) is 5.10 Å². The second-order valence-electron chi connectivity index (χ2n) is 4.87. The molecule has 0 bridgehead atoms. The molecule has 20 heavy (non-hydrogen) atoms. The average molecular weight is 278 g/mol. The highest BCUT2D eigenvalue weighted by Gasteiger charge is 2.29. The molecule has 1 aromatic heterocycles. The topological polar surface area (TPSA) is 118 Å². The number of imide groups is 1. The molecule has 0 aliphatic carbocycles. The molecule has 3 heterocycles. The van der Waals surface area contributed by atoms with Crippen LogP contribution < -0.4 is 16.0 Å². The van der Waals surface area contributed by atoms with E-state index in [0.29, 0.717) is 6.42 Å². The van der Waals surface area contributed by atoms with Crippen LogP contribution in [0.3, 0.4) is 0 Å². The molecule has 106 valence electrons. The third-order valence-electron chi connectivity index (χ3n) is 3.42. The fourth-order valence-corrected chi connectivity index (χ4v) is 2.08. The minimum absolute atomic E-state index is 0.168. The summed E-state index contributed by atoms with van der Waals surface area (Å²) in [4.78, 5) is 34.5. The number of nitrogens with zero attached hydrogens (tertiary/aromatic N) is 3. The van der Waals surface area contributed by atoms with E-state index in [2.05, 4.69) is 26.3 Å². The Morgan fingerprint density at radius 3 is 2.85 bits per heavy atom. The summed E-state index contributed by atoms with van der Waals surface area (Å²) in [5, 5.41) is 15.5. The minimum atomic E-state index is -0.698. The SMILES string of the molecule is O=C1CCC(NC(=O)c2cn(C3CNC3)nn2)C(=O)N1. The summed E-state index contributed by atoms with van der Waals surface area (Å²) in [6.07, 6.45) is 2.08. The van der Waals surface area contributed by atoms with Gasteiger partial charge in [0.15, 0.2) is 5.69 Å². The van der Waals surface area contributed by atoms with E-state index in [9.17, 15) is 14.4 Å². The number of hydrogen-bond donors (Lipinski definition) is 3. The third kappa shape index (κ3) is 2.39. The van der Waals surface area contributed by atoms with Crippen LogP contribution in [-0.4, -0.2) is 51.8 Å². The maximum absolute atomic E-state index is 12.0. The van der Waals surface area contributed by atoms with Crippen LogP contribution in [0.1, 0.15) is 29.4 Å². The molecule has 2 aliphatic heterocycles. The van der Waals surface area contributed by atoms with Gasteiger partial charge in [0.2, 0.25) is 11.8 Å². The average Bonchev–Trinajstić information content (AvgIpc) is 2.80. The Kier molecular flexibility index (Phi) is 3.18. The number of amides is 3. The first-order chi connectivity index (χ1) is 9.63. The molecular formula is C11H14N6O3. The number of piperidine rings is 1. The van der Waals surface area contributed by atoms with E-state index in [-0.39, 0.29) is 24.1 Å². The van der Waals surface area contributed by atoms with Crippen molar-refractivity contribution < 1.29 is 14.4 Å². The minimum Gasteiger partial charge on any atom is -0.339 e. The summed E-state index contributed by atoms with van der Waals surface area (Å²) in [5.74, 6) is -1.26. The van der Waals surface area contributed by atoms with Crippen LogP contribution in [0.25, 0.3) is 0 Å². The van der Waals surface area contributed by atoms with Gasteiger partial charge in [-0.2, -0.15) is 0 Å². The number of nitrogens with one attached hydrogen (secondary N) is 3. The normalized spacial score (nSPS) is 23.1. The van der Waals surface area contributed by atoms with Crippen molar-refractivity contribution in [3.63, 3.8) is 0 Å². The lowest BCUT2D eigenvalue weighted by atomic mass is 10.1. The molecule has 0 spiro atoms. The van der Waals surface area contributed by atoms with E-state index in [1.807, 2.05) is 0 Å². The van der Waals surface area contributed by atoms with Gasteiger partial charge in [-0.05, 0) is 6.42 Å². The van der Waals surface area contributed by atoms with E-state index >= 15 is 0 Å². The zero-order chi connectivity index (χ0) is 14.1. The maximum atomic E-state index is 12.0. The first-order valence-electron chi connectivity index (χ1n) is 6.40. The van der Waals surface area contributed by atoms with Crippen LogP contribution >= 0.6 is 0 Å². The van der Waals surface area contributed by atoms with Crippen molar-refractivity contribution in [2.24, 2.45) is 0 Å². The highest BCUT2D eigenvalue weighted by molar-refractivity contribution is 6.03. The molecule has 0 radical (unpaired) electrons. The highest BCUT2D eigenvalue weighted by Crippen LogP contribution is 2.10. The predicted molar refractivity (Wildman–Crippen MR) is 65.6 cm³/mol. The van der Waals surface area contributed by atoms with Crippen molar-refractivity contribution in [3.8, 4) is 0 Å². The summed E-state index contributed by atoms with van der Waals surface area (Å²) in [6.45, 7) is 1.61. The van der Waals surface area contributed by atoms with Crippen molar-refractivity contribution in [3.05, 3.63) is 11.9 Å². The zero-order valence-electron chi connectivity index (χ0n) is 10.6. The lowest BCUT2D eigenvalue weighted by Gasteiger charge is -2.26. The monoisotopic (exact) mass is 278 g/mol. The van der Waals surface area contributed by atoms with Crippen molar-refractivity contribution >= 4 is 17.7 Å². The Hall–Kier alpha value is -2.29. The first kappa shape index (κ1) is 12.7. The van der Waals surface area contributed by atoms with Crippen molar-refractivity contribution in [2.75, 3.05) is 13.1 Å². The number of hydrogen-bond acceptors (Lipinski definition) is 6. The smallest absolute Gasteiger partial charge is 0.274 e. The Bertz CT molecular complexity index is 564. The molecule has 9 nitrogen and oxygen atoms in total. The van der Waals surface area contributed by atoms with Gasteiger partial charge in [0.1, 0.15) is 6.04 Å². The quantitative estimate of drug-likeness (QED) is 0.548. The Morgan fingerprint density at radius 1 is 1.40 bits per heavy atom. The van der Waals surface area contributed by atoms with Crippen molar-refractivity contribution in [2.45, 2.75) is 24.9 Å². The lowest BCUT2D eigenvalue weighted by molar-refractivity contribution is -0.134. The fourth-order valence-electron chi connectivity index (χ4n) is 2.08. The molecule has 1 aromatic rings. The molecule has 2 saturated heterocycles. The Balaban J connectivity index is 1.62. The van der Waals surface area contributed by atoms with Gasteiger partial charge < -0.3 is 10.6 Å². The Labute approximate surface area is 114 Å². The maximum Gasteiger partial charge on any atom is 0.274 e. The largest absolute Gasteiger partial charge is 0.339 e. The summed E-state index contributed by atoms with van der Waals surface area (Å²) >= 11 is 0. The molecule has 9 heteroatoms. The molecule has 3 amide bonds. The van der Waals surface area contributed by atoms with Gasteiger partial charge in [-0.3, -0.25) is 19.7 Å². The summed E-state index contributed by atoms with van der Waals surface area (Å²) < 4.78 is 1.63. The zero-order valence-corrected chi connectivity index (χ0v) is 10.6. The van der Waals surface area contributed by atoms with Crippen LogP contribution in [-0.2, 0) is 9.59 Å². The van der Waals surface area contributed by atoms with Crippen molar-refractivity contribution in [1.29, 1.82) is 0 Å². The highest BCUT2D eigenvalue weighted by atomic mass is 16.2. The second-order valence-corrected chi connectivity index (χ2v) is 4.87. The van der Waals surface area contributed by atoms with Gasteiger partial charge in [-0.1, -0.05) is 5.21 Å². The standard InChI is InChI=1S/C11H14N6O3/c18-9-2-1-7(10(19)14-9)13-11(20)8-5-17(16-15-8)6-3-12-4-6/h5-7,12H,1-4H2,(H,13,20)(H,14,18,19). The molecule has 3 N–H and O–H groups in total. The number of carbonyl (C=O) groups excluding carboxylic acids is 3. The first-order valence-corrected chi connectivity index (χ1v) is 6.40. The summed E-state index contributed by atoms with van der Waals surface area (Å²) in [6, 6.07) is -0.477. The van der Waals surface area contributed by atoms with Gasteiger partial charge >= 0.3 is 0 Å². The lowest BCUT2D eigenvalue weighted by Crippen LogP contribution is -2.52. The fraction of sp³-hybridized carbons (Fsp3) is 0.545. The van der Waals surface area contributed by atoms with Crippen LogP contribution in [0.4, 0.5) is 0 Å². The molecule has 0 aromatic carbocycles. The molecular weight excluding hydrogens is 264 g/mol. The van der Waals surface area contributed by atoms with E-state index < -0.39 is 17.9 Å². The summed E-state index contributed by atoms with van der Waals surface area (Å²) in [7, 11) is 0. The van der Waals surface area contributed by atoms with E-state index in [4.69, 9.17) is 0 Å². The molecule has 2 fully saturated rings. The predicted octanol–water partition coefficient (Wildman–Crippen LogP) is -2.04. The molecule has 3 rings (SSSR count). The molecule has 0 saturated carbocycles. The van der Waals surface area contributed by atoms with Gasteiger partial charge in [-0.25, -0.2) is 4.68 Å². The summed E-state index contributed by atoms with van der Waals surface area (Å²) in [5.41, 5.74) is 0.168. The number of rotatable bonds is 3. The molecule has 2 aliphatic rings. The number of aromatic nitrogens is 3. The molecule has 1 unspecified atom stereocenters. The van der Waals surface area contributed by atoms with E-state index in [1.165, 1.54) is 0 Å². The second kappa shape index (κ2) is 5.00. The van der Waals surface area contributed by atoms with Gasteiger partial charge in [0.25, 0.3) is 5.91 Å². The van der Waals surface area contributed by atoms with Gasteiger partial charge in [0, 0.05) is 19.5 Å². The van der Waals surface area contributed by atoms with E-state index in [0.717, 1.165) is 13.1 Å². The van der Waals surface area contributed by atoms with Crippen LogP contribution in [0.15, 0.2) is 6.20 Å². The van der Waals surface area contributed by atoms with E-state index in [1.54, 1.807) is 10.9 Å².